The molecule has 0 aliphatic rings. The summed E-state index contributed by atoms with van der Waals surface area (Å²) in [5.74, 6) is 0.174. The summed E-state index contributed by atoms with van der Waals surface area (Å²) in [6.45, 7) is 1.89. The van der Waals surface area contributed by atoms with E-state index in [1.807, 2.05) is 25.1 Å². The Balaban J connectivity index is 1.41. The zero-order valence-corrected chi connectivity index (χ0v) is 17.6. The lowest BCUT2D eigenvalue weighted by Gasteiger charge is -2.09. The van der Waals surface area contributed by atoms with Gasteiger partial charge in [-0.15, -0.1) is 11.3 Å². The molecule has 0 aliphatic carbocycles. The minimum Gasteiger partial charge on any atom is -0.497 e. The van der Waals surface area contributed by atoms with E-state index in [9.17, 15) is 9.59 Å². The van der Waals surface area contributed by atoms with Crippen LogP contribution in [0.2, 0.25) is 0 Å². The van der Waals surface area contributed by atoms with Gasteiger partial charge in [0.1, 0.15) is 18.4 Å². The van der Waals surface area contributed by atoms with Crippen LogP contribution < -0.4 is 15.4 Å². The Kier molecular flexibility index (Phi) is 5.76. The van der Waals surface area contributed by atoms with E-state index in [-0.39, 0.29) is 11.8 Å². The Morgan fingerprint density at radius 1 is 0.968 bits per heavy atom. The monoisotopic (exact) mass is 433 g/mol. The Bertz CT molecular complexity index is 1220. The number of nitrogens with zero attached hydrogens (tertiary/aromatic N) is 3. The first-order chi connectivity index (χ1) is 15.0. The van der Waals surface area contributed by atoms with Crippen LogP contribution >= 0.6 is 11.3 Å². The summed E-state index contributed by atoms with van der Waals surface area (Å²) in [7, 11) is 1.59. The number of hydrogen-bond donors (Lipinski definition) is 2. The minimum absolute atomic E-state index is 0.269. The van der Waals surface area contributed by atoms with Crippen LogP contribution in [0.4, 0.5) is 11.4 Å². The molecule has 156 valence electrons. The summed E-state index contributed by atoms with van der Waals surface area (Å²) < 4.78 is 6.81. The van der Waals surface area contributed by atoms with E-state index in [4.69, 9.17) is 4.74 Å². The van der Waals surface area contributed by atoms with Crippen molar-refractivity contribution in [3.63, 3.8) is 0 Å². The fraction of sp³-hybridized carbons (Fsp3) is 0.0909. The van der Waals surface area contributed by atoms with Crippen LogP contribution in [0, 0.1) is 6.92 Å². The van der Waals surface area contributed by atoms with Gasteiger partial charge in [-0.05, 0) is 67.1 Å². The molecule has 0 bridgehead atoms. The molecule has 0 spiro atoms. The van der Waals surface area contributed by atoms with Crippen molar-refractivity contribution in [1.82, 2.24) is 14.8 Å². The van der Waals surface area contributed by atoms with Gasteiger partial charge in [-0.25, -0.2) is 9.67 Å². The summed E-state index contributed by atoms with van der Waals surface area (Å²) in [6.07, 6.45) is 3.05. The van der Waals surface area contributed by atoms with Gasteiger partial charge >= 0.3 is 0 Å². The average molecular weight is 433 g/mol. The summed E-state index contributed by atoms with van der Waals surface area (Å²) >= 11 is 1.13. The maximum atomic E-state index is 12.6. The molecule has 4 rings (SSSR count). The number of hydrogen-bond acceptors (Lipinski definition) is 6. The van der Waals surface area contributed by atoms with Crippen molar-refractivity contribution in [2.24, 2.45) is 0 Å². The van der Waals surface area contributed by atoms with Crippen molar-refractivity contribution >= 4 is 34.5 Å². The van der Waals surface area contributed by atoms with Crippen LogP contribution in [-0.4, -0.2) is 33.7 Å². The van der Waals surface area contributed by atoms with E-state index in [0.29, 0.717) is 21.1 Å². The van der Waals surface area contributed by atoms with Crippen molar-refractivity contribution in [3.8, 4) is 11.4 Å². The molecule has 2 N–H and O–H groups in total. The first-order valence-corrected chi connectivity index (χ1v) is 10.2. The van der Waals surface area contributed by atoms with E-state index in [2.05, 4.69) is 20.7 Å². The molecule has 2 heterocycles. The minimum atomic E-state index is -0.279. The normalized spacial score (nSPS) is 10.5. The molecule has 0 aliphatic heterocycles. The van der Waals surface area contributed by atoms with Gasteiger partial charge in [-0.3, -0.25) is 9.59 Å². The lowest BCUT2D eigenvalue weighted by Crippen LogP contribution is -2.12. The summed E-state index contributed by atoms with van der Waals surface area (Å²) in [6, 6.07) is 15.9. The molecule has 2 aromatic heterocycles. The quantitative estimate of drug-likeness (QED) is 0.476. The third-order valence-corrected chi connectivity index (χ3v) is 5.63. The van der Waals surface area contributed by atoms with Gasteiger partial charge in [-0.1, -0.05) is 0 Å². The molecule has 0 atom stereocenters. The van der Waals surface area contributed by atoms with Gasteiger partial charge in [0.15, 0.2) is 0 Å². The highest BCUT2D eigenvalue weighted by molar-refractivity contribution is 7.16. The number of amides is 2. The SMILES string of the molecule is COc1ccc(NC(=O)c2ccc(C(=O)Nc3ccc(-n4cncn4)cc3)s2)c(C)c1. The molecule has 0 radical (unpaired) electrons. The van der Waals surface area contributed by atoms with Crippen LogP contribution in [0.3, 0.4) is 0 Å². The molecule has 2 aromatic carbocycles. The number of aromatic nitrogens is 3. The Hall–Kier alpha value is -3.98. The van der Waals surface area contributed by atoms with Gasteiger partial charge in [0, 0.05) is 11.4 Å². The predicted molar refractivity (Wildman–Crippen MR) is 119 cm³/mol. The molecule has 0 fully saturated rings. The van der Waals surface area contributed by atoms with E-state index < -0.39 is 0 Å². The Labute approximate surface area is 182 Å². The summed E-state index contributed by atoms with van der Waals surface area (Å²) in [5.41, 5.74) is 3.05. The molecule has 2 amide bonds. The fourth-order valence-electron chi connectivity index (χ4n) is 2.90. The highest BCUT2D eigenvalue weighted by Crippen LogP contribution is 2.24. The fourth-order valence-corrected chi connectivity index (χ4v) is 3.70. The Morgan fingerprint density at radius 2 is 1.68 bits per heavy atom. The maximum Gasteiger partial charge on any atom is 0.265 e. The molecule has 0 saturated carbocycles. The number of aryl methyl sites for hydroxylation is 1. The van der Waals surface area contributed by atoms with Crippen molar-refractivity contribution in [2.45, 2.75) is 6.92 Å². The largest absolute Gasteiger partial charge is 0.497 e. The van der Waals surface area contributed by atoms with E-state index in [1.165, 1.54) is 6.33 Å². The lowest BCUT2D eigenvalue weighted by atomic mass is 10.2. The van der Waals surface area contributed by atoms with Crippen molar-refractivity contribution in [2.75, 3.05) is 17.7 Å². The zero-order valence-electron chi connectivity index (χ0n) is 16.8. The zero-order chi connectivity index (χ0) is 21.8. The van der Waals surface area contributed by atoms with Gasteiger partial charge in [0.25, 0.3) is 11.8 Å². The first kappa shape index (κ1) is 20.3. The van der Waals surface area contributed by atoms with E-state index in [1.54, 1.807) is 54.5 Å². The predicted octanol–water partition coefficient (Wildman–Crippen LogP) is 4.15. The van der Waals surface area contributed by atoms with Gasteiger partial charge in [-0.2, -0.15) is 5.10 Å². The lowest BCUT2D eigenvalue weighted by molar-refractivity contribution is 0.102. The number of rotatable bonds is 6. The molecule has 9 heteroatoms. The topological polar surface area (TPSA) is 98.1 Å². The van der Waals surface area contributed by atoms with Gasteiger partial charge in [0.05, 0.1) is 22.6 Å². The highest BCUT2D eigenvalue weighted by Gasteiger charge is 2.15. The number of carbonyl (C=O) groups excluding carboxylic acids is 2. The third kappa shape index (κ3) is 4.62. The standard InChI is InChI=1S/C22H19N5O3S/c1-14-11-17(30-2)7-8-18(14)26-22(29)20-10-9-19(31-20)21(28)25-15-3-5-16(6-4-15)27-13-23-12-24-27/h3-13H,1-2H3,(H,25,28)(H,26,29). The number of carbonyl (C=O) groups is 2. The van der Waals surface area contributed by atoms with E-state index >= 15 is 0 Å². The number of methoxy groups -OCH3 is 1. The van der Waals surface area contributed by atoms with Crippen LogP contribution in [0.15, 0.2) is 67.3 Å². The maximum absolute atomic E-state index is 12.6. The van der Waals surface area contributed by atoms with Crippen LogP contribution in [-0.2, 0) is 0 Å². The second kappa shape index (κ2) is 8.80. The second-order valence-corrected chi connectivity index (χ2v) is 7.72. The van der Waals surface area contributed by atoms with Crippen molar-refractivity contribution in [3.05, 3.63) is 82.6 Å². The van der Waals surface area contributed by atoms with Crippen molar-refractivity contribution < 1.29 is 14.3 Å². The Morgan fingerprint density at radius 3 is 2.29 bits per heavy atom. The number of ether oxygens (including phenoxy) is 1. The van der Waals surface area contributed by atoms with Crippen LogP contribution in [0.5, 0.6) is 5.75 Å². The van der Waals surface area contributed by atoms with Crippen LogP contribution in [0.1, 0.15) is 24.9 Å². The molecule has 31 heavy (non-hydrogen) atoms. The van der Waals surface area contributed by atoms with Crippen molar-refractivity contribution in [1.29, 1.82) is 0 Å². The number of nitrogens with one attached hydrogen (secondary N) is 2. The number of thiophene rings is 1. The average Bonchev–Trinajstić information content (AvgIpc) is 3.48. The highest BCUT2D eigenvalue weighted by atomic mass is 32.1. The molecular weight excluding hydrogens is 414 g/mol. The number of anilines is 2. The molecule has 0 saturated heterocycles. The van der Waals surface area contributed by atoms with E-state index in [0.717, 1.165) is 28.3 Å². The smallest absolute Gasteiger partial charge is 0.265 e. The molecule has 0 unspecified atom stereocenters. The summed E-state index contributed by atoms with van der Waals surface area (Å²) in [4.78, 5) is 30.0. The third-order valence-electron chi connectivity index (χ3n) is 4.54. The van der Waals surface area contributed by atoms with Gasteiger partial charge in [0.2, 0.25) is 0 Å². The number of benzene rings is 2. The molecule has 4 aromatic rings. The second-order valence-electron chi connectivity index (χ2n) is 6.64. The molecular formula is C22H19N5O3S. The first-order valence-electron chi connectivity index (χ1n) is 9.36. The van der Waals surface area contributed by atoms with Crippen LogP contribution in [0.25, 0.3) is 5.69 Å². The summed E-state index contributed by atoms with van der Waals surface area (Å²) in [5, 5.41) is 9.77. The van der Waals surface area contributed by atoms with Gasteiger partial charge < -0.3 is 15.4 Å². The molecule has 8 nitrogen and oxygen atoms in total.